The molecule has 3 nitrogen and oxygen atoms in total. The lowest BCUT2D eigenvalue weighted by Crippen LogP contribution is -2.17. The average Bonchev–Trinajstić information content (AvgIpc) is 2.41. The number of nitrogens with zero attached hydrogens (tertiary/aromatic N) is 1. The van der Waals surface area contributed by atoms with Crippen molar-refractivity contribution < 1.29 is 4.79 Å². The zero-order valence-electron chi connectivity index (χ0n) is 10.4. The normalized spacial score (nSPS) is 10.6. The van der Waals surface area contributed by atoms with E-state index in [4.69, 9.17) is 11.6 Å². The summed E-state index contributed by atoms with van der Waals surface area (Å²) < 4.78 is 0. The quantitative estimate of drug-likeness (QED) is 0.675. The van der Waals surface area contributed by atoms with Crippen LogP contribution in [0.15, 0.2) is 53.6 Å². The van der Waals surface area contributed by atoms with Crippen LogP contribution in [0.4, 0.5) is 0 Å². The van der Waals surface area contributed by atoms with E-state index in [-0.39, 0.29) is 5.91 Å². The lowest BCUT2D eigenvalue weighted by Gasteiger charge is -2.01. The number of carbonyl (C=O) groups excluding carboxylic acids is 1. The molecule has 0 spiro atoms. The maximum absolute atomic E-state index is 11.8. The Morgan fingerprint density at radius 2 is 2.00 bits per heavy atom. The molecule has 2 aromatic rings. The predicted molar refractivity (Wildman–Crippen MR) is 77.7 cm³/mol. The number of benzene rings is 2. The molecule has 0 aromatic heterocycles. The number of halogens is 1. The highest BCUT2D eigenvalue weighted by Crippen LogP contribution is 2.10. The van der Waals surface area contributed by atoms with Gasteiger partial charge in [0.1, 0.15) is 0 Å². The van der Waals surface area contributed by atoms with Crippen LogP contribution in [-0.2, 0) is 0 Å². The summed E-state index contributed by atoms with van der Waals surface area (Å²) in [6.07, 6.45) is 1.62. The molecule has 0 heterocycles. The third-order valence-corrected chi connectivity index (χ3v) is 2.88. The molecule has 0 saturated carbocycles. The second-order valence-corrected chi connectivity index (χ2v) is 4.50. The van der Waals surface area contributed by atoms with E-state index in [1.54, 1.807) is 30.5 Å². The molecule has 0 bridgehead atoms. The first-order valence-corrected chi connectivity index (χ1v) is 6.19. The Balaban J connectivity index is 2.03. The van der Waals surface area contributed by atoms with Crippen LogP contribution < -0.4 is 5.43 Å². The minimum atomic E-state index is -0.285. The number of hydrazone groups is 1. The van der Waals surface area contributed by atoms with Crippen LogP contribution in [0.5, 0.6) is 0 Å². The standard InChI is InChI=1S/C15H13ClN2O/c1-11-5-2-3-6-13(11)10-17-18-15(19)12-7-4-8-14(16)9-12/h2-10H,1H3,(H,18,19)/b17-10+. The molecule has 0 radical (unpaired) electrons. The summed E-state index contributed by atoms with van der Waals surface area (Å²) >= 11 is 5.82. The number of hydrogen-bond donors (Lipinski definition) is 1. The van der Waals surface area contributed by atoms with Crippen molar-refractivity contribution in [3.05, 3.63) is 70.2 Å². The van der Waals surface area contributed by atoms with Crippen molar-refractivity contribution >= 4 is 23.7 Å². The van der Waals surface area contributed by atoms with Gasteiger partial charge in [0.15, 0.2) is 0 Å². The van der Waals surface area contributed by atoms with E-state index >= 15 is 0 Å². The number of nitrogens with one attached hydrogen (secondary N) is 1. The molecule has 0 atom stereocenters. The number of rotatable bonds is 3. The molecule has 96 valence electrons. The van der Waals surface area contributed by atoms with Crippen LogP contribution in [-0.4, -0.2) is 12.1 Å². The molecular weight excluding hydrogens is 260 g/mol. The molecule has 0 aliphatic heterocycles. The van der Waals surface area contributed by atoms with Gasteiger partial charge in [0.2, 0.25) is 0 Å². The van der Waals surface area contributed by atoms with Gasteiger partial charge in [-0.1, -0.05) is 41.9 Å². The zero-order chi connectivity index (χ0) is 13.7. The monoisotopic (exact) mass is 272 g/mol. The van der Waals surface area contributed by atoms with Crippen molar-refractivity contribution in [1.82, 2.24) is 5.43 Å². The van der Waals surface area contributed by atoms with Gasteiger partial charge in [-0.3, -0.25) is 4.79 Å². The van der Waals surface area contributed by atoms with E-state index in [1.165, 1.54) is 0 Å². The van der Waals surface area contributed by atoms with Crippen molar-refractivity contribution in [2.45, 2.75) is 6.92 Å². The Morgan fingerprint density at radius 3 is 2.74 bits per heavy atom. The summed E-state index contributed by atoms with van der Waals surface area (Å²) in [7, 11) is 0. The Labute approximate surface area is 116 Å². The van der Waals surface area contributed by atoms with Crippen LogP contribution in [0.1, 0.15) is 21.5 Å². The van der Waals surface area contributed by atoms with Gasteiger partial charge in [-0.25, -0.2) is 5.43 Å². The van der Waals surface area contributed by atoms with Gasteiger partial charge in [-0.15, -0.1) is 0 Å². The van der Waals surface area contributed by atoms with Crippen molar-refractivity contribution in [3.63, 3.8) is 0 Å². The highest BCUT2D eigenvalue weighted by Gasteiger charge is 2.03. The topological polar surface area (TPSA) is 41.5 Å². The summed E-state index contributed by atoms with van der Waals surface area (Å²) in [5.74, 6) is -0.285. The Morgan fingerprint density at radius 1 is 1.21 bits per heavy atom. The van der Waals surface area contributed by atoms with Gasteiger partial charge in [0.05, 0.1) is 6.21 Å². The molecule has 4 heteroatoms. The zero-order valence-corrected chi connectivity index (χ0v) is 11.2. The van der Waals surface area contributed by atoms with Gasteiger partial charge in [0, 0.05) is 10.6 Å². The number of aryl methyl sites for hydroxylation is 1. The molecule has 0 unspecified atom stereocenters. The molecule has 1 N–H and O–H groups in total. The largest absolute Gasteiger partial charge is 0.271 e. The summed E-state index contributed by atoms with van der Waals surface area (Å²) in [6.45, 7) is 1.99. The van der Waals surface area contributed by atoms with E-state index in [0.29, 0.717) is 10.6 Å². The Kier molecular flexibility index (Phi) is 4.31. The van der Waals surface area contributed by atoms with Gasteiger partial charge >= 0.3 is 0 Å². The highest BCUT2D eigenvalue weighted by atomic mass is 35.5. The molecule has 19 heavy (non-hydrogen) atoms. The van der Waals surface area contributed by atoms with E-state index in [9.17, 15) is 4.79 Å². The molecule has 0 saturated heterocycles. The van der Waals surface area contributed by atoms with Crippen LogP contribution in [0.25, 0.3) is 0 Å². The third kappa shape index (κ3) is 3.66. The van der Waals surface area contributed by atoms with Crippen molar-refractivity contribution in [1.29, 1.82) is 0 Å². The summed E-state index contributed by atoms with van der Waals surface area (Å²) in [5, 5.41) is 4.46. The first-order valence-electron chi connectivity index (χ1n) is 5.81. The van der Waals surface area contributed by atoms with Crippen molar-refractivity contribution in [3.8, 4) is 0 Å². The van der Waals surface area contributed by atoms with Gasteiger partial charge in [-0.05, 0) is 36.2 Å². The molecule has 2 aromatic carbocycles. The molecular formula is C15H13ClN2O. The third-order valence-electron chi connectivity index (χ3n) is 2.64. The summed E-state index contributed by atoms with van der Waals surface area (Å²) in [5.41, 5.74) is 5.02. The van der Waals surface area contributed by atoms with Crippen LogP contribution in [0, 0.1) is 6.92 Å². The molecule has 0 aliphatic carbocycles. The lowest BCUT2D eigenvalue weighted by atomic mass is 10.1. The first kappa shape index (κ1) is 13.3. The molecule has 0 fully saturated rings. The average molecular weight is 273 g/mol. The van der Waals surface area contributed by atoms with Crippen LogP contribution in [0.2, 0.25) is 5.02 Å². The van der Waals surface area contributed by atoms with Gasteiger partial charge < -0.3 is 0 Å². The molecule has 0 aliphatic rings. The molecule has 2 rings (SSSR count). The lowest BCUT2D eigenvalue weighted by molar-refractivity contribution is 0.0955. The Bertz CT molecular complexity index is 623. The van der Waals surface area contributed by atoms with Crippen molar-refractivity contribution in [2.24, 2.45) is 5.10 Å². The second kappa shape index (κ2) is 6.16. The van der Waals surface area contributed by atoms with E-state index in [2.05, 4.69) is 10.5 Å². The van der Waals surface area contributed by atoms with E-state index in [0.717, 1.165) is 11.1 Å². The second-order valence-electron chi connectivity index (χ2n) is 4.07. The summed E-state index contributed by atoms with van der Waals surface area (Å²) in [6, 6.07) is 14.5. The highest BCUT2D eigenvalue weighted by molar-refractivity contribution is 6.30. The maximum Gasteiger partial charge on any atom is 0.271 e. The summed E-state index contributed by atoms with van der Waals surface area (Å²) in [4.78, 5) is 11.8. The van der Waals surface area contributed by atoms with E-state index < -0.39 is 0 Å². The fraction of sp³-hybridized carbons (Fsp3) is 0.0667. The number of carbonyl (C=O) groups is 1. The Hall–Kier alpha value is -2.13. The fourth-order valence-corrected chi connectivity index (χ4v) is 1.78. The van der Waals surface area contributed by atoms with Crippen molar-refractivity contribution in [2.75, 3.05) is 0 Å². The number of amides is 1. The predicted octanol–water partition coefficient (Wildman–Crippen LogP) is 3.41. The fourth-order valence-electron chi connectivity index (χ4n) is 1.59. The minimum Gasteiger partial charge on any atom is -0.267 e. The SMILES string of the molecule is Cc1ccccc1/C=N/NC(=O)c1cccc(Cl)c1. The van der Waals surface area contributed by atoms with Gasteiger partial charge in [0.25, 0.3) is 5.91 Å². The smallest absolute Gasteiger partial charge is 0.267 e. The van der Waals surface area contributed by atoms with E-state index in [1.807, 2.05) is 31.2 Å². The minimum absolute atomic E-state index is 0.285. The molecule has 1 amide bonds. The van der Waals surface area contributed by atoms with Crippen LogP contribution in [0.3, 0.4) is 0 Å². The van der Waals surface area contributed by atoms with Gasteiger partial charge in [-0.2, -0.15) is 5.10 Å². The number of hydrogen-bond acceptors (Lipinski definition) is 2. The van der Waals surface area contributed by atoms with Crippen LogP contribution >= 0.6 is 11.6 Å². The first-order chi connectivity index (χ1) is 9.16. The maximum atomic E-state index is 11.8.